The van der Waals surface area contributed by atoms with Crippen molar-refractivity contribution in [3.63, 3.8) is 0 Å². The van der Waals surface area contributed by atoms with E-state index in [1.54, 1.807) is 0 Å². The highest BCUT2D eigenvalue weighted by Gasteiger charge is 2.02. The highest BCUT2D eigenvalue weighted by atomic mass is 14.1. The lowest BCUT2D eigenvalue weighted by molar-refractivity contribution is 0.499. The second-order valence-electron chi connectivity index (χ2n) is 4.25. The molecule has 0 aliphatic carbocycles. The van der Waals surface area contributed by atoms with Crippen LogP contribution in [-0.2, 0) is 0 Å². The molecule has 0 nitrogen and oxygen atoms in total. The van der Waals surface area contributed by atoms with Gasteiger partial charge in [0.25, 0.3) is 0 Å². The van der Waals surface area contributed by atoms with Gasteiger partial charge < -0.3 is 0 Å². The molecule has 2 atom stereocenters. The Hall–Kier alpha value is -0.260. The Bertz CT molecular complexity index is 122. The Morgan fingerprint density at radius 3 is 2.00 bits per heavy atom. The van der Waals surface area contributed by atoms with E-state index in [-0.39, 0.29) is 0 Å². The maximum Gasteiger partial charge on any atom is -0.0239 e. The summed E-state index contributed by atoms with van der Waals surface area (Å²) in [5.74, 6) is 2.26. The molecule has 0 bridgehead atoms. The molecular weight excluding hydrogens is 144 g/mol. The lowest BCUT2D eigenvalue weighted by Crippen LogP contribution is -2.00. The van der Waals surface area contributed by atoms with Crippen LogP contribution in [0.2, 0.25) is 0 Å². The van der Waals surface area contributed by atoms with Gasteiger partial charge >= 0.3 is 0 Å². The van der Waals surface area contributed by atoms with E-state index >= 15 is 0 Å². The summed E-state index contributed by atoms with van der Waals surface area (Å²) in [6.07, 6.45) is 7.35. The average Bonchev–Trinajstić information content (AvgIpc) is 2.00. The Labute approximate surface area is 78.1 Å². The predicted molar refractivity (Wildman–Crippen MR) is 57.2 cm³/mol. The lowest BCUT2D eigenvalue weighted by atomic mass is 9.95. The molecule has 0 fully saturated rings. The summed E-state index contributed by atoms with van der Waals surface area (Å²) in [5.41, 5.74) is 0. The molecule has 0 rings (SSSR count). The zero-order chi connectivity index (χ0) is 9.56. The zero-order valence-electron chi connectivity index (χ0n) is 9.30. The van der Waals surface area contributed by atoms with Crippen molar-refractivity contribution in [2.75, 3.05) is 0 Å². The molecule has 0 N–H and O–H groups in total. The Balaban J connectivity index is 3.72. The largest absolute Gasteiger partial charge is 0.0854 e. The summed E-state index contributed by atoms with van der Waals surface area (Å²) in [7, 11) is 0. The van der Waals surface area contributed by atoms with Crippen LogP contribution in [0.1, 0.15) is 47.5 Å². The molecule has 0 aliphatic rings. The second-order valence-corrected chi connectivity index (χ2v) is 4.25. The number of rotatable bonds is 5. The van der Waals surface area contributed by atoms with Crippen LogP contribution in [0.5, 0.6) is 0 Å². The van der Waals surface area contributed by atoms with Crippen LogP contribution in [0.15, 0.2) is 12.2 Å². The maximum atomic E-state index is 2.37. The van der Waals surface area contributed by atoms with E-state index in [2.05, 4.69) is 46.8 Å². The van der Waals surface area contributed by atoms with E-state index in [0.717, 1.165) is 17.8 Å². The van der Waals surface area contributed by atoms with Crippen LogP contribution < -0.4 is 0 Å². The summed E-state index contributed by atoms with van der Waals surface area (Å²) in [4.78, 5) is 0. The predicted octanol–water partition coefficient (Wildman–Crippen LogP) is 4.27. The first-order valence-corrected chi connectivity index (χ1v) is 5.26. The third kappa shape index (κ3) is 5.40. The Morgan fingerprint density at radius 2 is 1.58 bits per heavy atom. The van der Waals surface area contributed by atoms with E-state index in [4.69, 9.17) is 0 Å². The van der Waals surface area contributed by atoms with Crippen molar-refractivity contribution < 1.29 is 0 Å². The molecule has 72 valence electrons. The van der Waals surface area contributed by atoms with Crippen LogP contribution in [0.3, 0.4) is 0 Å². The van der Waals surface area contributed by atoms with Crippen LogP contribution in [0.4, 0.5) is 0 Å². The standard InChI is InChI=1S/C12H24/c1-6-7-11(4)8-9-12(5)10(2)3/h8-12H,6-7H2,1-5H3. The van der Waals surface area contributed by atoms with Gasteiger partial charge in [-0.05, 0) is 24.2 Å². The third-order valence-electron chi connectivity index (χ3n) is 2.54. The molecule has 0 saturated carbocycles. The SMILES string of the molecule is CCCC(C)C=CC(C)C(C)C. The molecular formula is C12H24. The molecule has 0 spiro atoms. The van der Waals surface area contributed by atoms with Gasteiger partial charge in [-0.1, -0.05) is 53.2 Å². The second kappa shape index (κ2) is 6.28. The average molecular weight is 168 g/mol. The van der Waals surface area contributed by atoms with Crippen molar-refractivity contribution in [3.8, 4) is 0 Å². The molecule has 0 aromatic rings. The molecule has 0 aromatic carbocycles. The highest BCUT2D eigenvalue weighted by molar-refractivity contribution is 4.90. The van der Waals surface area contributed by atoms with Crippen LogP contribution >= 0.6 is 0 Å². The van der Waals surface area contributed by atoms with Gasteiger partial charge in [-0.25, -0.2) is 0 Å². The molecule has 0 amide bonds. The molecule has 0 aromatic heterocycles. The minimum absolute atomic E-state index is 0.726. The molecule has 0 radical (unpaired) electrons. The fourth-order valence-electron chi connectivity index (χ4n) is 1.14. The van der Waals surface area contributed by atoms with Gasteiger partial charge in [-0.15, -0.1) is 0 Å². The summed E-state index contributed by atoms with van der Waals surface area (Å²) in [6.45, 7) is 11.4. The first-order valence-electron chi connectivity index (χ1n) is 5.26. The van der Waals surface area contributed by atoms with Gasteiger partial charge in [0, 0.05) is 0 Å². The Morgan fingerprint density at radius 1 is 1.00 bits per heavy atom. The molecule has 0 aliphatic heterocycles. The summed E-state index contributed by atoms with van der Waals surface area (Å²) in [5, 5.41) is 0. The van der Waals surface area contributed by atoms with Crippen molar-refractivity contribution in [3.05, 3.63) is 12.2 Å². The molecule has 0 heterocycles. The molecule has 2 unspecified atom stereocenters. The topological polar surface area (TPSA) is 0 Å². The molecule has 12 heavy (non-hydrogen) atoms. The first-order chi connectivity index (χ1) is 5.57. The summed E-state index contributed by atoms with van der Waals surface area (Å²) in [6, 6.07) is 0. The van der Waals surface area contributed by atoms with Crippen molar-refractivity contribution in [1.82, 2.24) is 0 Å². The summed E-state index contributed by atoms with van der Waals surface area (Å²) < 4.78 is 0. The van der Waals surface area contributed by atoms with Crippen LogP contribution in [-0.4, -0.2) is 0 Å². The van der Waals surface area contributed by atoms with E-state index in [9.17, 15) is 0 Å². The number of hydrogen-bond acceptors (Lipinski definition) is 0. The van der Waals surface area contributed by atoms with E-state index in [1.165, 1.54) is 12.8 Å². The first kappa shape index (κ1) is 11.7. The molecule has 0 saturated heterocycles. The minimum atomic E-state index is 0.726. The highest BCUT2D eigenvalue weighted by Crippen LogP contribution is 2.14. The number of allylic oxidation sites excluding steroid dienone is 2. The van der Waals surface area contributed by atoms with Gasteiger partial charge in [0.05, 0.1) is 0 Å². The smallest absolute Gasteiger partial charge is 0.0239 e. The van der Waals surface area contributed by atoms with Crippen LogP contribution in [0.25, 0.3) is 0 Å². The normalized spacial score (nSPS) is 17.2. The fraction of sp³-hybridized carbons (Fsp3) is 0.833. The van der Waals surface area contributed by atoms with Gasteiger partial charge in [0.15, 0.2) is 0 Å². The monoisotopic (exact) mass is 168 g/mol. The van der Waals surface area contributed by atoms with Crippen molar-refractivity contribution in [1.29, 1.82) is 0 Å². The Kier molecular flexibility index (Phi) is 6.14. The van der Waals surface area contributed by atoms with Crippen LogP contribution in [0, 0.1) is 17.8 Å². The van der Waals surface area contributed by atoms with Crippen molar-refractivity contribution >= 4 is 0 Å². The third-order valence-corrected chi connectivity index (χ3v) is 2.54. The number of hydrogen-bond donors (Lipinski definition) is 0. The van der Waals surface area contributed by atoms with Crippen molar-refractivity contribution in [2.24, 2.45) is 17.8 Å². The van der Waals surface area contributed by atoms with Gasteiger partial charge in [-0.2, -0.15) is 0 Å². The fourth-order valence-corrected chi connectivity index (χ4v) is 1.14. The van der Waals surface area contributed by atoms with Gasteiger partial charge in [0.2, 0.25) is 0 Å². The van der Waals surface area contributed by atoms with Gasteiger partial charge in [0.1, 0.15) is 0 Å². The lowest BCUT2D eigenvalue weighted by Gasteiger charge is -2.11. The van der Waals surface area contributed by atoms with Gasteiger partial charge in [-0.3, -0.25) is 0 Å². The minimum Gasteiger partial charge on any atom is -0.0854 e. The van der Waals surface area contributed by atoms with E-state index in [1.807, 2.05) is 0 Å². The molecule has 0 heteroatoms. The summed E-state index contributed by atoms with van der Waals surface area (Å²) >= 11 is 0. The van der Waals surface area contributed by atoms with E-state index < -0.39 is 0 Å². The van der Waals surface area contributed by atoms with E-state index in [0.29, 0.717) is 0 Å². The quantitative estimate of drug-likeness (QED) is 0.538. The van der Waals surface area contributed by atoms with Crippen molar-refractivity contribution in [2.45, 2.75) is 47.5 Å². The zero-order valence-corrected chi connectivity index (χ0v) is 9.30. The maximum absolute atomic E-state index is 2.37.